The van der Waals surface area contributed by atoms with Crippen molar-refractivity contribution in [3.8, 4) is 5.88 Å². The van der Waals surface area contributed by atoms with Gasteiger partial charge in [-0.25, -0.2) is 13.4 Å². The van der Waals surface area contributed by atoms with Gasteiger partial charge in [-0.1, -0.05) is 12.1 Å². The number of ether oxygens (including phenoxy) is 1. The lowest BCUT2D eigenvalue weighted by molar-refractivity contribution is -0.139. The predicted octanol–water partition coefficient (Wildman–Crippen LogP) is 3.22. The number of hydrogen-bond acceptors (Lipinski definition) is 5. The van der Waals surface area contributed by atoms with Crippen molar-refractivity contribution in [1.82, 2.24) is 14.6 Å². The molecule has 0 atom stereocenters. The molecule has 0 unspecified atom stereocenters. The Hall–Kier alpha value is -2.66. The highest BCUT2D eigenvalue weighted by molar-refractivity contribution is 7.89. The largest absolute Gasteiger partial charge is 0.478 e. The highest BCUT2D eigenvalue weighted by atomic mass is 32.2. The summed E-state index contributed by atoms with van der Waals surface area (Å²) >= 11 is 0. The summed E-state index contributed by atoms with van der Waals surface area (Å²) in [6.07, 6.45) is -2.76. The molecule has 0 bridgehead atoms. The molecule has 1 saturated heterocycles. The van der Waals surface area contributed by atoms with Crippen molar-refractivity contribution in [3.63, 3.8) is 0 Å². The molecule has 1 aromatic carbocycles. The van der Waals surface area contributed by atoms with Crippen LogP contribution in [-0.4, -0.2) is 43.3 Å². The standard InChI is InChI=1S/C21H24F3N3O4S/c1-2-31-19-13-15(7-10-25-19)14-26-20(28)16-8-11-27(12-9-16)32(29,30)18-6-4-3-5-17(18)21(22,23)24/h3-7,10,13,16H,2,8-9,11-12,14H2,1H3,(H,26,28). The lowest BCUT2D eigenvalue weighted by Gasteiger charge is -2.31. The molecule has 32 heavy (non-hydrogen) atoms. The second-order valence-corrected chi connectivity index (χ2v) is 9.23. The number of amides is 1. The number of rotatable bonds is 7. The third-order valence-corrected chi connectivity index (χ3v) is 7.15. The molecule has 1 N–H and O–H groups in total. The molecular formula is C21H24F3N3O4S. The summed E-state index contributed by atoms with van der Waals surface area (Å²) < 4.78 is 71.8. The number of aromatic nitrogens is 1. The number of hydrogen-bond donors (Lipinski definition) is 1. The summed E-state index contributed by atoms with van der Waals surface area (Å²) in [5.41, 5.74) is -0.385. The first kappa shape index (κ1) is 24.0. The van der Waals surface area contributed by atoms with Crippen LogP contribution in [0, 0.1) is 5.92 Å². The van der Waals surface area contributed by atoms with Crippen LogP contribution in [0.15, 0.2) is 47.5 Å². The van der Waals surface area contributed by atoms with Crippen molar-refractivity contribution >= 4 is 15.9 Å². The van der Waals surface area contributed by atoms with E-state index >= 15 is 0 Å². The number of sulfonamides is 1. The Morgan fingerprint density at radius 3 is 2.56 bits per heavy atom. The number of nitrogens with zero attached hydrogens (tertiary/aromatic N) is 2. The second kappa shape index (κ2) is 9.86. The van der Waals surface area contributed by atoms with Crippen LogP contribution >= 0.6 is 0 Å². The molecular weight excluding hydrogens is 447 g/mol. The quantitative estimate of drug-likeness (QED) is 0.670. The zero-order chi connectivity index (χ0) is 23.4. The van der Waals surface area contributed by atoms with Crippen LogP contribution in [0.3, 0.4) is 0 Å². The van der Waals surface area contributed by atoms with Gasteiger partial charge in [0, 0.05) is 37.8 Å². The summed E-state index contributed by atoms with van der Waals surface area (Å²) in [6, 6.07) is 7.59. The maximum absolute atomic E-state index is 13.3. The normalized spacial score (nSPS) is 16.0. The maximum atomic E-state index is 13.3. The molecule has 3 rings (SSSR count). The molecule has 1 aliphatic rings. The molecule has 1 aromatic heterocycles. The Balaban J connectivity index is 1.60. The fourth-order valence-corrected chi connectivity index (χ4v) is 5.23. The molecule has 0 saturated carbocycles. The molecule has 2 heterocycles. The Kier molecular flexibility index (Phi) is 7.40. The lowest BCUT2D eigenvalue weighted by atomic mass is 9.97. The maximum Gasteiger partial charge on any atom is 0.417 e. The highest BCUT2D eigenvalue weighted by Gasteiger charge is 2.40. The van der Waals surface area contributed by atoms with Crippen LogP contribution in [0.2, 0.25) is 0 Å². The predicted molar refractivity (Wildman–Crippen MR) is 110 cm³/mol. The Morgan fingerprint density at radius 2 is 1.91 bits per heavy atom. The van der Waals surface area contributed by atoms with Crippen LogP contribution in [0.1, 0.15) is 30.9 Å². The van der Waals surface area contributed by atoms with Gasteiger partial charge in [-0.2, -0.15) is 17.5 Å². The topological polar surface area (TPSA) is 88.6 Å². The van der Waals surface area contributed by atoms with Gasteiger partial charge >= 0.3 is 6.18 Å². The van der Waals surface area contributed by atoms with Gasteiger partial charge in [0.05, 0.1) is 17.1 Å². The van der Waals surface area contributed by atoms with Gasteiger partial charge in [-0.05, 0) is 43.5 Å². The number of benzene rings is 1. The van der Waals surface area contributed by atoms with Gasteiger partial charge in [0.2, 0.25) is 21.8 Å². The first-order valence-electron chi connectivity index (χ1n) is 10.1. The smallest absolute Gasteiger partial charge is 0.417 e. The minimum Gasteiger partial charge on any atom is -0.478 e. The van der Waals surface area contributed by atoms with E-state index in [9.17, 15) is 26.4 Å². The minimum atomic E-state index is -4.78. The second-order valence-electron chi connectivity index (χ2n) is 7.33. The van der Waals surface area contributed by atoms with E-state index in [0.717, 1.165) is 28.1 Å². The van der Waals surface area contributed by atoms with Gasteiger partial charge < -0.3 is 10.1 Å². The molecule has 174 valence electrons. The molecule has 1 aliphatic heterocycles. The van der Waals surface area contributed by atoms with E-state index < -0.39 is 32.6 Å². The summed E-state index contributed by atoms with van der Waals surface area (Å²) in [7, 11) is -4.33. The average Bonchev–Trinajstić information content (AvgIpc) is 2.77. The SMILES string of the molecule is CCOc1cc(CNC(=O)C2CCN(S(=O)(=O)c3ccccc3C(F)(F)F)CC2)ccn1. The highest BCUT2D eigenvalue weighted by Crippen LogP contribution is 2.36. The van der Waals surface area contributed by atoms with E-state index in [0.29, 0.717) is 12.5 Å². The van der Waals surface area contributed by atoms with E-state index in [-0.39, 0.29) is 38.4 Å². The van der Waals surface area contributed by atoms with Gasteiger partial charge in [0.15, 0.2) is 0 Å². The zero-order valence-electron chi connectivity index (χ0n) is 17.4. The molecule has 2 aromatic rings. The molecule has 1 amide bonds. The third kappa shape index (κ3) is 5.57. The van der Waals surface area contributed by atoms with Crippen molar-refractivity contribution in [1.29, 1.82) is 0 Å². The molecule has 11 heteroatoms. The fraction of sp³-hybridized carbons (Fsp3) is 0.429. The average molecular weight is 472 g/mol. The summed E-state index contributed by atoms with van der Waals surface area (Å²) in [5, 5.41) is 2.81. The molecule has 1 fully saturated rings. The van der Waals surface area contributed by atoms with Crippen LogP contribution < -0.4 is 10.1 Å². The van der Waals surface area contributed by atoms with E-state index in [4.69, 9.17) is 4.74 Å². The van der Waals surface area contributed by atoms with Crippen LogP contribution in [0.25, 0.3) is 0 Å². The van der Waals surface area contributed by atoms with Gasteiger partial charge in [-0.15, -0.1) is 0 Å². The van der Waals surface area contributed by atoms with Crippen molar-refractivity contribution in [2.45, 2.75) is 37.4 Å². The number of alkyl halides is 3. The van der Waals surface area contributed by atoms with Crippen LogP contribution in [-0.2, 0) is 27.5 Å². The molecule has 7 nitrogen and oxygen atoms in total. The minimum absolute atomic E-state index is 0.0314. The van der Waals surface area contributed by atoms with Crippen molar-refractivity contribution in [3.05, 3.63) is 53.7 Å². The van der Waals surface area contributed by atoms with Crippen LogP contribution in [0.5, 0.6) is 5.88 Å². The van der Waals surface area contributed by atoms with E-state index in [1.165, 1.54) is 6.07 Å². The molecule has 0 radical (unpaired) electrons. The van der Waals surface area contributed by atoms with Gasteiger partial charge in [0.25, 0.3) is 0 Å². The van der Waals surface area contributed by atoms with E-state index in [1.54, 1.807) is 18.3 Å². The summed E-state index contributed by atoms with van der Waals surface area (Å²) in [5.74, 6) is -0.197. The number of carbonyl (C=O) groups is 1. The third-order valence-electron chi connectivity index (χ3n) is 5.19. The van der Waals surface area contributed by atoms with Gasteiger partial charge in [0.1, 0.15) is 0 Å². The number of piperidine rings is 1. The molecule has 0 aliphatic carbocycles. The van der Waals surface area contributed by atoms with Crippen molar-refractivity contribution in [2.75, 3.05) is 19.7 Å². The Labute approximate surface area is 184 Å². The number of nitrogens with one attached hydrogen (secondary N) is 1. The molecule has 0 spiro atoms. The van der Waals surface area contributed by atoms with E-state index in [1.807, 2.05) is 6.92 Å². The monoisotopic (exact) mass is 471 g/mol. The van der Waals surface area contributed by atoms with Crippen molar-refractivity contribution in [2.24, 2.45) is 5.92 Å². The summed E-state index contributed by atoms with van der Waals surface area (Å²) in [6.45, 7) is 2.51. The van der Waals surface area contributed by atoms with Gasteiger partial charge in [-0.3, -0.25) is 4.79 Å². The summed E-state index contributed by atoms with van der Waals surface area (Å²) in [4.78, 5) is 15.8. The first-order chi connectivity index (χ1) is 15.1. The number of carbonyl (C=O) groups excluding carboxylic acids is 1. The van der Waals surface area contributed by atoms with E-state index in [2.05, 4.69) is 10.3 Å². The zero-order valence-corrected chi connectivity index (χ0v) is 18.2. The lowest BCUT2D eigenvalue weighted by Crippen LogP contribution is -2.43. The van der Waals surface area contributed by atoms with Crippen LogP contribution in [0.4, 0.5) is 13.2 Å². The Bertz CT molecular complexity index is 1050. The van der Waals surface area contributed by atoms with Crippen molar-refractivity contribution < 1.29 is 31.1 Å². The Morgan fingerprint density at radius 1 is 1.22 bits per heavy atom. The number of halogens is 3. The first-order valence-corrected chi connectivity index (χ1v) is 11.6. The fourth-order valence-electron chi connectivity index (χ4n) is 3.54. The number of pyridine rings is 1.